The van der Waals surface area contributed by atoms with E-state index in [9.17, 15) is 19.0 Å². The number of carbonyl (C=O) groups is 2. The van der Waals surface area contributed by atoms with Gasteiger partial charge in [-0.05, 0) is 38.5 Å². The predicted octanol–water partition coefficient (Wildman–Crippen LogP) is 10.4. The molecule has 0 aromatic carbocycles. The molecule has 0 fully saturated rings. The summed E-state index contributed by atoms with van der Waals surface area (Å²) in [5, 5.41) is 0. The molecule has 0 spiro atoms. The second-order valence-electron chi connectivity index (χ2n) is 15.0. The third-order valence-electron chi connectivity index (χ3n) is 8.79. The monoisotopic (exact) mass is 732 g/mol. The molecule has 0 aromatic rings. The summed E-state index contributed by atoms with van der Waals surface area (Å²) in [6.45, 7) is 4.20. The number of phosphoric ester groups is 1. The second kappa shape index (κ2) is 33.6. The highest BCUT2D eigenvalue weighted by Gasteiger charge is 2.21. The summed E-state index contributed by atoms with van der Waals surface area (Å²) in [4.78, 5) is 37.4. The molecule has 0 rings (SSSR count). The molecule has 0 aliphatic rings. The molecule has 2 atom stereocenters. The molecule has 0 saturated carbocycles. The number of nitrogens with zero attached hydrogens (tertiary/aromatic N) is 1. The number of carbonyl (C=O) groups excluding carboxylic acids is 2. The average Bonchev–Trinajstić information content (AvgIpc) is 3.06. The van der Waals surface area contributed by atoms with Crippen LogP contribution in [0.4, 0.5) is 0 Å². The normalized spacial score (nSPS) is 13.8. The largest absolute Gasteiger partial charge is 0.756 e. The highest BCUT2D eigenvalue weighted by atomic mass is 31.2. The molecule has 296 valence electrons. The summed E-state index contributed by atoms with van der Waals surface area (Å²) >= 11 is 0. The van der Waals surface area contributed by atoms with E-state index < -0.39 is 32.5 Å². The maximum atomic E-state index is 12.6. The summed E-state index contributed by atoms with van der Waals surface area (Å²) in [5.41, 5.74) is 0. The van der Waals surface area contributed by atoms with Crippen LogP contribution in [0.1, 0.15) is 181 Å². The van der Waals surface area contributed by atoms with Crippen LogP contribution in [0.25, 0.3) is 0 Å². The summed E-state index contributed by atoms with van der Waals surface area (Å²) in [5.74, 6) is -0.839. The van der Waals surface area contributed by atoms with Gasteiger partial charge in [0.15, 0.2) is 6.10 Å². The van der Waals surface area contributed by atoms with Crippen LogP contribution in [0, 0.1) is 0 Å². The van der Waals surface area contributed by atoms with Crippen molar-refractivity contribution in [2.45, 2.75) is 187 Å². The Morgan fingerprint density at radius 3 is 1.52 bits per heavy atom. The van der Waals surface area contributed by atoms with Gasteiger partial charge in [-0.15, -0.1) is 0 Å². The van der Waals surface area contributed by atoms with Crippen molar-refractivity contribution in [1.82, 2.24) is 0 Å². The fraction of sp³-hybridized carbons (Fsp3) is 0.900. The lowest BCUT2D eigenvalue weighted by atomic mass is 10.0. The van der Waals surface area contributed by atoms with E-state index in [-0.39, 0.29) is 26.1 Å². The van der Waals surface area contributed by atoms with Crippen molar-refractivity contribution in [3.05, 3.63) is 12.2 Å². The van der Waals surface area contributed by atoms with E-state index in [1.807, 2.05) is 21.1 Å². The maximum absolute atomic E-state index is 12.6. The number of quaternary nitrogens is 1. The number of ether oxygens (including phenoxy) is 2. The number of rotatable bonds is 37. The van der Waals surface area contributed by atoms with Gasteiger partial charge in [0.1, 0.15) is 19.8 Å². The Kier molecular flexibility index (Phi) is 32.7. The van der Waals surface area contributed by atoms with E-state index in [0.717, 1.165) is 51.4 Å². The van der Waals surface area contributed by atoms with Gasteiger partial charge in [0.05, 0.1) is 27.7 Å². The molecule has 0 heterocycles. The molecule has 0 radical (unpaired) electrons. The molecule has 0 aliphatic heterocycles. The Morgan fingerprint density at radius 2 is 1.02 bits per heavy atom. The minimum Gasteiger partial charge on any atom is -0.756 e. The van der Waals surface area contributed by atoms with Crippen molar-refractivity contribution in [3.63, 3.8) is 0 Å². The fourth-order valence-electron chi connectivity index (χ4n) is 5.53. The van der Waals surface area contributed by atoms with E-state index >= 15 is 0 Å². The van der Waals surface area contributed by atoms with Crippen molar-refractivity contribution in [2.24, 2.45) is 0 Å². The van der Waals surface area contributed by atoms with Crippen LogP contribution in [0.15, 0.2) is 12.2 Å². The van der Waals surface area contributed by atoms with Gasteiger partial charge >= 0.3 is 11.9 Å². The lowest BCUT2D eigenvalue weighted by molar-refractivity contribution is -0.870. The van der Waals surface area contributed by atoms with E-state index in [2.05, 4.69) is 26.0 Å². The lowest BCUT2D eigenvalue weighted by Gasteiger charge is -2.28. The van der Waals surface area contributed by atoms with Crippen LogP contribution in [0.2, 0.25) is 0 Å². The van der Waals surface area contributed by atoms with Gasteiger partial charge in [-0.1, -0.05) is 142 Å². The number of hydrogen-bond acceptors (Lipinski definition) is 8. The molecule has 9 nitrogen and oxygen atoms in total. The Morgan fingerprint density at radius 1 is 0.600 bits per heavy atom. The van der Waals surface area contributed by atoms with Gasteiger partial charge in [-0.25, -0.2) is 0 Å². The highest BCUT2D eigenvalue weighted by molar-refractivity contribution is 7.45. The van der Waals surface area contributed by atoms with Crippen molar-refractivity contribution in [3.8, 4) is 0 Å². The summed E-state index contributed by atoms with van der Waals surface area (Å²) in [6, 6.07) is 0. The molecule has 0 aliphatic carbocycles. The first-order valence-electron chi connectivity index (χ1n) is 20.4. The molecule has 50 heavy (non-hydrogen) atoms. The summed E-state index contributed by atoms with van der Waals surface area (Å²) in [7, 11) is 1.17. The van der Waals surface area contributed by atoms with Crippen LogP contribution in [0.5, 0.6) is 0 Å². The zero-order valence-electron chi connectivity index (χ0n) is 33.1. The zero-order chi connectivity index (χ0) is 37.2. The van der Waals surface area contributed by atoms with Crippen LogP contribution in [0.3, 0.4) is 0 Å². The third kappa shape index (κ3) is 36.5. The van der Waals surface area contributed by atoms with Crippen LogP contribution >= 0.6 is 7.82 Å². The molecule has 10 heteroatoms. The number of allylic oxidation sites excluding steroid dienone is 2. The molecule has 1 unspecified atom stereocenters. The first-order chi connectivity index (χ1) is 24.0. The standard InChI is InChI=1S/C40H78NO8P/c1-6-8-10-12-14-16-18-20-21-23-25-27-29-31-33-40(43)49-38(37-48-50(44,45)47-35-34-41(3,4)5)36-46-39(42)32-30-28-26-24-22-19-17-15-13-11-9-7-2/h15,17,38H,6-14,16,18-37H2,1-5H3/b17-15+/t38-/m1/s1. The molecule has 0 aromatic heterocycles. The van der Waals surface area contributed by atoms with Crippen molar-refractivity contribution in [2.75, 3.05) is 47.5 Å². The quantitative estimate of drug-likeness (QED) is 0.0204. The second-order valence-corrected chi connectivity index (χ2v) is 16.4. The average molecular weight is 732 g/mol. The Labute approximate surface area is 307 Å². The van der Waals surface area contributed by atoms with Crippen LogP contribution in [-0.4, -0.2) is 70.0 Å². The number of esters is 2. The minimum absolute atomic E-state index is 0.0292. The van der Waals surface area contributed by atoms with Gasteiger partial charge in [-0.3, -0.25) is 14.2 Å². The minimum atomic E-state index is -4.61. The SMILES string of the molecule is CCCCC/C=C/CCCCCCCC(=O)OC[C@H](COP(=O)([O-])OCC[N+](C)(C)C)OC(=O)CCCCCCCCCCCCCCCC. The van der Waals surface area contributed by atoms with Crippen LogP contribution < -0.4 is 4.89 Å². The predicted molar refractivity (Wildman–Crippen MR) is 204 cm³/mol. The molecule has 0 amide bonds. The molecule has 0 N–H and O–H groups in total. The summed E-state index contributed by atoms with van der Waals surface area (Å²) < 4.78 is 33.8. The highest BCUT2D eigenvalue weighted by Crippen LogP contribution is 2.38. The summed E-state index contributed by atoms with van der Waals surface area (Å²) in [6.07, 6.45) is 32.3. The molecular formula is C40H78NO8P. The Hall–Kier alpha value is -1.25. The number of phosphoric acid groups is 1. The van der Waals surface area contributed by atoms with E-state index in [4.69, 9.17) is 18.5 Å². The van der Waals surface area contributed by atoms with Gasteiger partial charge < -0.3 is 27.9 Å². The molecule has 0 bridgehead atoms. The van der Waals surface area contributed by atoms with Crippen LogP contribution in [-0.2, 0) is 32.7 Å². The van der Waals surface area contributed by atoms with Crippen molar-refractivity contribution >= 4 is 19.8 Å². The number of likely N-dealkylation sites (N-methyl/N-ethyl adjacent to an activating group) is 1. The van der Waals surface area contributed by atoms with E-state index in [0.29, 0.717) is 17.4 Å². The first-order valence-corrected chi connectivity index (χ1v) is 21.9. The zero-order valence-corrected chi connectivity index (χ0v) is 34.0. The van der Waals surface area contributed by atoms with Gasteiger partial charge in [0, 0.05) is 12.8 Å². The maximum Gasteiger partial charge on any atom is 0.306 e. The smallest absolute Gasteiger partial charge is 0.306 e. The van der Waals surface area contributed by atoms with Gasteiger partial charge in [0.25, 0.3) is 7.82 Å². The van der Waals surface area contributed by atoms with E-state index in [1.54, 1.807) is 0 Å². The Balaban J connectivity index is 4.40. The number of unbranched alkanes of at least 4 members (excludes halogenated alkanes) is 21. The Bertz CT molecular complexity index is 876. The molecular weight excluding hydrogens is 653 g/mol. The van der Waals surface area contributed by atoms with Gasteiger partial charge in [0.2, 0.25) is 0 Å². The third-order valence-corrected chi connectivity index (χ3v) is 9.75. The lowest BCUT2D eigenvalue weighted by Crippen LogP contribution is -2.37. The van der Waals surface area contributed by atoms with E-state index in [1.165, 1.54) is 96.3 Å². The first kappa shape index (κ1) is 48.8. The topological polar surface area (TPSA) is 111 Å². The van der Waals surface area contributed by atoms with Gasteiger partial charge in [-0.2, -0.15) is 0 Å². The van der Waals surface area contributed by atoms with Crippen molar-refractivity contribution in [1.29, 1.82) is 0 Å². The van der Waals surface area contributed by atoms with Crippen molar-refractivity contribution < 1.29 is 42.1 Å². The molecule has 0 saturated heterocycles. The fourth-order valence-corrected chi connectivity index (χ4v) is 6.26. The number of hydrogen-bond donors (Lipinski definition) is 0.